The molecule has 1 aliphatic heterocycles. The van der Waals surface area contributed by atoms with E-state index in [1.54, 1.807) is 0 Å². The Labute approximate surface area is 109 Å². The van der Waals surface area contributed by atoms with E-state index >= 15 is 0 Å². The van der Waals surface area contributed by atoms with Crippen LogP contribution in [0.4, 0.5) is 4.79 Å². The summed E-state index contributed by atoms with van der Waals surface area (Å²) in [6.07, 6.45) is 1.32. The molecule has 2 N–H and O–H groups in total. The van der Waals surface area contributed by atoms with Crippen molar-refractivity contribution < 1.29 is 14.7 Å². The summed E-state index contributed by atoms with van der Waals surface area (Å²) in [5.41, 5.74) is 0.129. The van der Waals surface area contributed by atoms with E-state index in [0.29, 0.717) is 25.4 Å². The molecule has 104 valence electrons. The second kappa shape index (κ2) is 5.59. The van der Waals surface area contributed by atoms with Gasteiger partial charge >= 0.3 is 12.0 Å². The molecule has 2 amide bonds. The maximum absolute atomic E-state index is 11.9. The molecule has 1 saturated heterocycles. The largest absolute Gasteiger partial charge is 0.480 e. The zero-order chi connectivity index (χ0) is 13.9. The summed E-state index contributed by atoms with van der Waals surface area (Å²) >= 11 is 0. The lowest BCUT2D eigenvalue weighted by Gasteiger charge is -2.29. The molecule has 1 heterocycles. The molecule has 0 aliphatic carbocycles. The Bertz CT molecular complexity index is 323. The molecule has 0 aromatic rings. The molecule has 5 heteroatoms. The summed E-state index contributed by atoms with van der Waals surface area (Å²) in [7, 11) is 0. The Morgan fingerprint density at radius 3 is 2.56 bits per heavy atom. The van der Waals surface area contributed by atoms with Crippen LogP contribution in [0.1, 0.15) is 40.5 Å². The van der Waals surface area contributed by atoms with Crippen molar-refractivity contribution in [3.63, 3.8) is 0 Å². The van der Waals surface area contributed by atoms with Gasteiger partial charge in [-0.1, -0.05) is 27.7 Å². The van der Waals surface area contributed by atoms with Crippen LogP contribution in [0.3, 0.4) is 0 Å². The van der Waals surface area contributed by atoms with E-state index < -0.39 is 12.0 Å². The molecular formula is C13H24N2O3. The number of rotatable bonds is 3. The van der Waals surface area contributed by atoms with Crippen LogP contribution in [-0.2, 0) is 4.79 Å². The molecule has 0 aromatic carbocycles. The predicted molar refractivity (Wildman–Crippen MR) is 69.4 cm³/mol. The number of carbonyl (C=O) groups excluding carboxylic acids is 1. The van der Waals surface area contributed by atoms with Gasteiger partial charge in [-0.3, -0.25) is 0 Å². The van der Waals surface area contributed by atoms with Crippen LogP contribution in [0, 0.1) is 11.3 Å². The first-order chi connectivity index (χ1) is 8.23. The Morgan fingerprint density at radius 2 is 2.06 bits per heavy atom. The highest BCUT2D eigenvalue weighted by atomic mass is 16.4. The maximum atomic E-state index is 11.9. The lowest BCUT2D eigenvalue weighted by Crippen LogP contribution is -2.47. The van der Waals surface area contributed by atoms with Gasteiger partial charge in [0.15, 0.2) is 0 Å². The van der Waals surface area contributed by atoms with Crippen LogP contribution in [0.5, 0.6) is 0 Å². The maximum Gasteiger partial charge on any atom is 0.326 e. The zero-order valence-electron chi connectivity index (χ0n) is 11.7. The van der Waals surface area contributed by atoms with Crippen molar-refractivity contribution >= 4 is 12.0 Å². The molecule has 0 saturated carbocycles. The average Bonchev–Trinajstić information content (AvgIpc) is 2.72. The minimum Gasteiger partial charge on any atom is -0.480 e. The van der Waals surface area contributed by atoms with Gasteiger partial charge < -0.3 is 15.3 Å². The van der Waals surface area contributed by atoms with Crippen molar-refractivity contribution in [3.8, 4) is 0 Å². The van der Waals surface area contributed by atoms with Gasteiger partial charge in [0.1, 0.15) is 6.04 Å². The first-order valence-corrected chi connectivity index (χ1v) is 6.50. The van der Waals surface area contributed by atoms with Gasteiger partial charge in [-0.05, 0) is 24.2 Å². The van der Waals surface area contributed by atoms with E-state index in [-0.39, 0.29) is 11.4 Å². The van der Waals surface area contributed by atoms with Crippen LogP contribution in [-0.4, -0.2) is 41.1 Å². The fourth-order valence-corrected chi connectivity index (χ4v) is 1.91. The number of nitrogens with one attached hydrogen (secondary N) is 1. The number of nitrogens with zero attached hydrogens (tertiary/aromatic N) is 1. The summed E-state index contributed by atoms with van der Waals surface area (Å²) in [6.45, 7) is 9.57. The smallest absolute Gasteiger partial charge is 0.326 e. The molecule has 1 aliphatic rings. The van der Waals surface area contributed by atoms with Crippen LogP contribution in [0.2, 0.25) is 0 Å². The molecule has 5 nitrogen and oxygen atoms in total. The Kier molecular flexibility index (Phi) is 4.59. The number of likely N-dealkylation sites (tertiary alicyclic amines) is 1. The standard InChI is InChI=1S/C13H24N2O3/c1-9(13(2,3)4)8-14-12(18)15-7-5-6-10(15)11(16)17/h9-10H,5-8H2,1-4H3,(H,14,18)(H,16,17)/t9?,10-/m1/s1. The quantitative estimate of drug-likeness (QED) is 0.810. The van der Waals surface area contributed by atoms with Crippen LogP contribution in [0.15, 0.2) is 0 Å². The fraction of sp³-hybridized carbons (Fsp3) is 0.846. The molecule has 0 spiro atoms. The van der Waals surface area contributed by atoms with Gasteiger partial charge in [-0.2, -0.15) is 0 Å². The van der Waals surface area contributed by atoms with Gasteiger partial charge in [0.25, 0.3) is 0 Å². The molecule has 18 heavy (non-hydrogen) atoms. The van der Waals surface area contributed by atoms with Crippen LogP contribution >= 0.6 is 0 Å². The molecule has 1 unspecified atom stereocenters. The van der Waals surface area contributed by atoms with Crippen molar-refractivity contribution in [1.29, 1.82) is 0 Å². The monoisotopic (exact) mass is 256 g/mol. The predicted octanol–water partition coefficient (Wildman–Crippen LogP) is 1.93. The summed E-state index contributed by atoms with van der Waals surface area (Å²) in [5, 5.41) is 11.9. The highest BCUT2D eigenvalue weighted by molar-refractivity contribution is 5.83. The van der Waals surface area contributed by atoms with E-state index in [1.165, 1.54) is 4.90 Å². The number of hydrogen-bond acceptors (Lipinski definition) is 2. The Morgan fingerprint density at radius 1 is 1.44 bits per heavy atom. The molecule has 1 rings (SSSR count). The van der Waals surface area contributed by atoms with Crippen molar-refractivity contribution in [3.05, 3.63) is 0 Å². The molecular weight excluding hydrogens is 232 g/mol. The number of urea groups is 1. The molecule has 2 atom stereocenters. The lowest BCUT2D eigenvalue weighted by molar-refractivity contribution is -0.141. The molecule has 1 fully saturated rings. The SMILES string of the molecule is CC(CNC(=O)N1CCC[C@@H]1C(=O)O)C(C)(C)C. The van der Waals surface area contributed by atoms with Gasteiger partial charge in [0, 0.05) is 13.1 Å². The highest BCUT2D eigenvalue weighted by Gasteiger charge is 2.34. The third-order valence-corrected chi connectivity index (χ3v) is 3.84. The van der Waals surface area contributed by atoms with Crippen molar-refractivity contribution in [2.75, 3.05) is 13.1 Å². The van der Waals surface area contributed by atoms with E-state index in [9.17, 15) is 9.59 Å². The third-order valence-electron chi connectivity index (χ3n) is 3.84. The number of aliphatic carboxylic acids is 1. The number of hydrogen-bond donors (Lipinski definition) is 2. The zero-order valence-corrected chi connectivity index (χ0v) is 11.7. The first kappa shape index (κ1) is 14.8. The molecule has 0 aromatic heterocycles. The normalized spacial score (nSPS) is 21.8. The summed E-state index contributed by atoms with van der Waals surface area (Å²) in [6, 6.07) is -0.911. The lowest BCUT2D eigenvalue weighted by atomic mass is 9.82. The second-order valence-corrected chi connectivity index (χ2v) is 6.14. The van der Waals surface area contributed by atoms with E-state index in [2.05, 4.69) is 33.0 Å². The van der Waals surface area contributed by atoms with Gasteiger partial charge in [-0.25, -0.2) is 9.59 Å². The first-order valence-electron chi connectivity index (χ1n) is 6.50. The minimum atomic E-state index is -0.911. The summed E-state index contributed by atoms with van der Waals surface area (Å²) in [5.74, 6) is -0.571. The number of carboxylic acids is 1. The summed E-state index contributed by atoms with van der Waals surface area (Å²) < 4.78 is 0. The second-order valence-electron chi connectivity index (χ2n) is 6.14. The van der Waals surface area contributed by atoms with Gasteiger partial charge in [0.2, 0.25) is 0 Å². The van der Waals surface area contributed by atoms with E-state index in [1.807, 2.05) is 0 Å². The van der Waals surface area contributed by atoms with Crippen molar-refractivity contribution in [2.24, 2.45) is 11.3 Å². The third kappa shape index (κ3) is 3.62. The van der Waals surface area contributed by atoms with E-state index in [0.717, 1.165) is 6.42 Å². The summed E-state index contributed by atoms with van der Waals surface area (Å²) in [4.78, 5) is 24.4. The molecule has 0 bridgehead atoms. The Hall–Kier alpha value is -1.26. The number of amides is 2. The van der Waals surface area contributed by atoms with E-state index in [4.69, 9.17) is 5.11 Å². The Balaban J connectivity index is 2.48. The highest BCUT2D eigenvalue weighted by Crippen LogP contribution is 2.24. The van der Waals surface area contributed by atoms with Crippen molar-refractivity contribution in [2.45, 2.75) is 46.6 Å². The average molecular weight is 256 g/mol. The number of carbonyl (C=O) groups is 2. The van der Waals surface area contributed by atoms with Crippen LogP contribution < -0.4 is 5.32 Å². The molecule has 0 radical (unpaired) electrons. The van der Waals surface area contributed by atoms with Crippen molar-refractivity contribution in [1.82, 2.24) is 10.2 Å². The van der Waals surface area contributed by atoms with Gasteiger partial charge in [0.05, 0.1) is 0 Å². The van der Waals surface area contributed by atoms with Crippen LogP contribution in [0.25, 0.3) is 0 Å². The van der Waals surface area contributed by atoms with Gasteiger partial charge in [-0.15, -0.1) is 0 Å². The topological polar surface area (TPSA) is 69.6 Å². The number of carboxylic acid groups (broad SMARTS) is 1. The minimum absolute atomic E-state index is 0.129. The fourth-order valence-electron chi connectivity index (χ4n) is 1.91.